The SMILES string of the molecule is CCC(=O)N1CCc2cc(S(=O)(=O)N[C@@H](CC(C)C)C(=O)NCCc3ccccc3)ccc21. The molecule has 2 N–H and O–H groups in total. The molecule has 1 aliphatic rings. The van der Waals surface area contributed by atoms with Crippen molar-refractivity contribution < 1.29 is 18.0 Å². The van der Waals surface area contributed by atoms with Crippen LogP contribution >= 0.6 is 0 Å². The van der Waals surface area contributed by atoms with Crippen LogP contribution in [0.2, 0.25) is 0 Å². The number of rotatable bonds is 10. The van der Waals surface area contributed by atoms with Crippen molar-refractivity contribution in [3.8, 4) is 0 Å². The van der Waals surface area contributed by atoms with Crippen molar-refractivity contribution in [1.82, 2.24) is 10.0 Å². The average molecular weight is 472 g/mol. The molecule has 0 saturated heterocycles. The van der Waals surface area contributed by atoms with Gasteiger partial charge in [-0.25, -0.2) is 8.42 Å². The van der Waals surface area contributed by atoms with Crippen LogP contribution in [0.3, 0.4) is 0 Å². The summed E-state index contributed by atoms with van der Waals surface area (Å²) in [6.45, 7) is 6.70. The van der Waals surface area contributed by atoms with Crippen molar-refractivity contribution >= 4 is 27.5 Å². The van der Waals surface area contributed by atoms with Gasteiger partial charge in [-0.3, -0.25) is 9.59 Å². The number of fused-ring (bicyclic) bond motifs is 1. The van der Waals surface area contributed by atoms with Gasteiger partial charge in [0.05, 0.1) is 4.90 Å². The molecule has 1 aliphatic heterocycles. The van der Waals surface area contributed by atoms with Gasteiger partial charge in [-0.15, -0.1) is 0 Å². The van der Waals surface area contributed by atoms with E-state index in [1.165, 1.54) is 6.07 Å². The Morgan fingerprint density at radius 2 is 1.82 bits per heavy atom. The van der Waals surface area contributed by atoms with Crippen LogP contribution in [-0.4, -0.2) is 39.4 Å². The highest BCUT2D eigenvalue weighted by Gasteiger charge is 2.29. The largest absolute Gasteiger partial charge is 0.354 e. The highest BCUT2D eigenvalue weighted by molar-refractivity contribution is 7.89. The topological polar surface area (TPSA) is 95.6 Å². The van der Waals surface area contributed by atoms with Crippen molar-refractivity contribution in [3.63, 3.8) is 0 Å². The number of benzene rings is 2. The van der Waals surface area contributed by atoms with Crippen LogP contribution in [0.5, 0.6) is 0 Å². The molecule has 0 spiro atoms. The van der Waals surface area contributed by atoms with Gasteiger partial charge in [-0.05, 0) is 54.5 Å². The summed E-state index contributed by atoms with van der Waals surface area (Å²) in [5, 5.41) is 2.87. The molecule has 0 fully saturated rings. The minimum Gasteiger partial charge on any atom is -0.354 e. The third-order valence-electron chi connectivity index (χ3n) is 5.74. The average Bonchev–Trinajstić information content (AvgIpc) is 3.21. The zero-order chi connectivity index (χ0) is 24.0. The normalized spacial score (nSPS) is 14.2. The molecule has 8 heteroatoms. The summed E-state index contributed by atoms with van der Waals surface area (Å²) in [6, 6.07) is 13.7. The minimum atomic E-state index is -3.91. The fourth-order valence-corrected chi connectivity index (χ4v) is 5.29. The van der Waals surface area contributed by atoms with Gasteiger partial charge >= 0.3 is 0 Å². The Bertz CT molecular complexity index is 1080. The van der Waals surface area contributed by atoms with E-state index in [0.717, 1.165) is 16.8 Å². The fourth-order valence-electron chi connectivity index (χ4n) is 4.03. The number of sulfonamides is 1. The van der Waals surface area contributed by atoms with Gasteiger partial charge in [0.25, 0.3) is 0 Å². The van der Waals surface area contributed by atoms with Gasteiger partial charge in [-0.1, -0.05) is 51.1 Å². The monoisotopic (exact) mass is 471 g/mol. The van der Waals surface area contributed by atoms with E-state index in [0.29, 0.717) is 38.8 Å². The molecule has 1 heterocycles. The Morgan fingerprint density at radius 3 is 2.48 bits per heavy atom. The van der Waals surface area contributed by atoms with Gasteiger partial charge in [-0.2, -0.15) is 4.72 Å². The lowest BCUT2D eigenvalue weighted by atomic mass is 10.0. The first-order valence-corrected chi connectivity index (χ1v) is 13.0. The van der Waals surface area contributed by atoms with Crippen molar-refractivity contribution in [3.05, 3.63) is 59.7 Å². The van der Waals surface area contributed by atoms with Gasteiger partial charge < -0.3 is 10.2 Å². The summed E-state index contributed by atoms with van der Waals surface area (Å²) in [7, 11) is -3.91. The second-order valence-corrected chi connectivity index (χ2v) is 10.5. The van der Waals surface area contributed by atoms with E-state index in [1.807, 2.05) is 51.1 Å². The highest BCUT2D eigenvalue weighted by Crippen LogP contribution is 2.30. The number of carbonyl (C=O) groups excluding carboxylic acids is 2. The Kier molecular flexibility index (Phi) is 8.26. The van der Waals surface area contributed by atoms with E-state index < -0.39 is 16.1 Å². The minimum absolute atomic E-state index is 0.0200. The molecular weight excluding hydrogens is 438 g/mol. The van der Waals surface area contributed by atoms with Gasteiger partial charge in [0.15, 0.2) is 0 Å². The second-order valence-electron chi connectivity index (χ2n) is 8.77. The number of nitrogens with one attached hydrogen (secondary N) is 2. The lowest BCUT2D eigenvalue weighted by Crippen LogP contribution is -2.47. The maximum atomic E-state index is 13.1. The van der Waals surface area contributed by atoms with Crippen molar-refractivity contribution in [1.29, 1.82) is 0 Å². The van der Waals surface area contributed by atoms with Gasteiger partial charge in [0.2, 0.25) is 21.8 Å². The first-order chi connectivity index (χ1) is 15.7. The molecule has 0 aliphatic carbocycles. The standard InChI is InChI=1S/C25H33N3O4S/c1-4-24(29)28-15-13-20-17-21(10-11-23(20)28)33(31,32)27-22(16-18(2)3)25(30)26-14-12-19-8-6-5-7-9-19/h5-11,17-18,22,27H,4,12-16H2,1-3H3,(H,26,30)/t22-/m0/s1. The number of nitrogens with zero attached hydrogens (tertiary/aromatic N) is 1. The Balaban J connectivity index is 1.70. The molecular formula is C25H33N3O4S. The van der Waals surface area contributed by atoms with E-state index in [-0.39, 0.29) is 22.6 Å². The predicted molar refractivity (Wildman–Crippen MR) is 130 cm³/mol. The first kappa shape index (κ1) is 24.9. The van der Waals surface area contributed by atoms with Crippen molar-refractivity contribution in [2.24, 2.45) is 5.92 Å². The Labute approximate surface area is 196 Å². The number of carbonyl (C=O) groups is 2. The summed E-state index contributed by atoms with van der Waals surface area (Å²) >= 11 is 0. The molecule has 0 aromatic heterocycles. The third kappa shape index (κ3) is 6.42. The second kappa shape index (κ2) is 10.9. The summed E-state index contributed by atoms with van der Waals surface area (Å²) in [4.78, 5) is 26.7. The molecule has 7 nitrogen and oxygen atoms in total. The van der Waals surface area contributed by atoms with E-state index in [1.54, 1.807) is 17.0 Å². The van der Waals surface area contributed by atoms with E-state index in [9.17, 15) is 18.0 Å². The first-order valence-electron chi connectivity index (χ1n) is 11.5. The number of anilines is 1. The van der Waals surface area contributed by atoms with E-state index in [4.69, 9.17) is 0 Å². The van der Waals surface area contributed by atoms with Crippen LogP contribution in [0.1, 0.15) is 44.7 Å². The summed E-state index contributed by atoms with van der Waals surface area (Å²) in [5.41, 5.74) is 2.69. The number of amides is 2. The maximum absolute atomic E-state index is 13.1. The highest BCUT2D eigenvalue weighted by atomic mass is 32.2. The predicted octanol–water partition coefficient (Wildman–Crippen LogP) is 3.04. The molecule has 33 heavy (non-hydrogen) atoms. The molecule has 2 aromatic rings. The Hall–Kier alpha value is -2.71. The molecule has 0 unspecified atom stereocenters. The molecule has 3 rings (SSSR count). The van der Waals surface area contributed by atoms with Crippen LogP contribution < -0.4 is 14.9 Å². The molecule has 0 bridgehead atoms. The van der Waals surface area contributed by atoms with Gasteiger partial charge in [0.1, 0.15) is 6.04 Å². The number of hydrogen-bond donors (Lipinski definition) is 2. The molecule has 2 aromatic carbocycles. The molecule has 0 saturated carbocycles. The zero-order valence-electron chi connectivity index (χ0n) is 19.5. The lowest BCUT2D eigenvalue weighted by Gasteiger charge is -2.21. The molecule has 1 atom stereocenters. The summed E-state index contributed by atoms with van der Waals surface area (Å²) in [5.74, 6) is -0.179. The van der Waals surface area contributed by atoms with Crippen molar-refractivity contribution in [2.45, 2.75) is 57.4 Å². The van der Waals surface area contributed by atoms with Crippen LogP contribution in [0.15, 0.2) is 53.4 Å². The number of hydrogen-bond acceptors (Lipinski definition) is 4. The molecule has 2 amide bonds. The lowest BCUT2D eigenvalue weighted by molar-refractivity contribution is -0.123. The third-order valence-corrected chi connectivity index (χ3v) is 7.21. The summed E-state index contributed by atoms with van der Waals surface area (Å²) in [6.07, 6.45) is 2.07. The van der Waals surface area contributed by atoms with Crippen LogP contribution in [0.25, 0.3) is 0 Å². The van der Waals surface area contributed by atoms with Crippen LogP contribution in [-0.2, 0) is 32.5 Å². The maximum Gasteiger partial charge on any atom is 0.241 e. The molecule has 0 radical (unpaired) electrons. The smallest absolute Gasteiger partial charge is 0.241 e. The van der Waals surface area contributed by atoms with Crippen molar-refractivity contribution in [2.75, 3.05) is 18.0 Å². The molecule has 178 valence electrons. The zero-order valence-corrected chi connectivity index (χ0v) is 20.3. The van der Waals surface area contributed by atoms with Crippen LogP contribution in [0, 0.1) is 5.92 Å². The van der Waals surface area contributed by atoms with Crippen LogP contribution in [0.4, 0.5) is 5.69 Å². The fraction of sp³-hybridized carbons (Fsp3) is 0.440. The Morgan fingerprint density at radius 1 is 1.09 bits per heavy atom. The van der Waals surface area contributed by atoms with E-state index >= 15 is 0 Å². The summed E-state index contributed by atoms with van der Waals surface area (Å²) < 4.78 is 28.9. The van der Waals surface area contributed by atoms with E-state index in [2.05, 4.69) is 10.0 Å². The van der Waals surface area contributed by atoms with Gasteiger partial charge in [0, 0.05) is 25.2 Å². The quantitative estimate of drug-likeness (QED) is 0.557.